The van der Waals surface area contributed by atoms with E-state index in [0.29, 0.717) is 5.88 Å². The van der Waals surface area contributed by atoms with Crippen LogP contribution in [0.25, 0.3) is 0 Å². The molecule has 2 heterocycles. The first-order valence-electron chi connectivity index (χ1n) is 6.59. The van der Waals surface area contributed by atoms with Crippen LogP contribution in [0.3, 0.4) is 0 Å². The van der Waals surface area contributed by atoms with Crippen LogP contribution in [0.2, 0.25) is 0 Å². The Bertz CT molecular complexity index is 354. The predicted molar refractivity (Wildman–Crippen MR) is 73.6 cm³/mol. The van der Waals surface area contributed by atoms with Crippen molar-refractivity contribution in [1.29, 1.82) is 0 Å². The first-order chi connectivity index (χ1) is 8.35. The molecule has 1 unspecified atom stereocenters. The van der Waals surface area contributed by atoms with Crippen LogP contribution in [-0.2, 0) is 5.88 Å². The van der Waals surface area contributed by atoms with Gasteiger partial charge in [-0.05, 0) is 31.2 Å². The van der Waals surface area contributed by atoms with Gasteiger partial charge in [-0.2, -0.15) is 0 Å². The Labute approximate surface area is 109 Å². The number of aromatic nitrogens is 1. The third-order valence-electron chi connectivity index (χ3n) is 3.79. The van der Waals surface area contributed by atoms with Crippen LogP contribution in [0, 0.1) is 5.92 Å². The highest BCUT2D eigenvalue weighted by Gasteiger charge is 2.17. The molecule has 1 saturated heterocycles. The number of hydrogen-bond acceptors (Lipinski definition) is 2. The summed E-state index contributed by atoms with van der Waals surface area (Å²) in [7, 11) is 0. The molecule has 1 aliphatic rings. The van der Waals surface area contributed by atoms with Crippen molar-refractivity contribution in [2.24, 2.45) is 5.92 Å². The number of hydrogen-bond donors (Lipinski definition) is 0. The van der Waals surface area contributed by atoms with E-state index >= 15 is 0 Å². The fourth-order valence-corrected chi connectivity index (χ4v) is 2.85. The molecule has 1 aromatic heterocycles. The van der Waals surface area contributed by atoms with E-state index in [1.807, 2.05) is 12.4 Å². The van der Waals surface area contributed by atoms with Crippen molar-refractivity contribution < 1.29 is 0 Å². The van der Waals surface area contributed by atoms with Crippen molar-refractivity contribution in [2.45, 2.75) is 38.5 Å². The fraction of sp³-hybridized carbons (Fsp3) is 0.643. The van der Waals surface area contributed by atoms with Gasteiger partial charge in [0.1, 0.15) is 0 Å². The predicted octanol–water partition coefficient (Wildman–Crippen LogP) is 3.84. The molecule has 0 amide bonds. The zero-order valence-electron chi connectivity index (χ0n) is 10.5. The van der Waals surface area contributed by atoms with Crippen molar-refractivity contribution in [3.8, 4) is 0 Å². The van der Waals surface area contributed by atoms with Gasteiger partial charge in [-0.15, -0.1) is 11.6 Å². The summed E-state index contributed by atoms with van der Waals surface area (Å²) in [5.74, 6) is 1.46. The Hall–Kier alpha value is -0.760. The van der Waals surface area contributed by atoms with E-state index in [-0.39, 0.29) is 0 Å². The summed E-state index contributed by atoms with van der Waals surface area (Å²) < 4.78 is 0. The number of rotatable bonds is 3. The average molecular weight is 253 g/mol. The van der Waals surface area contributed by atoms with Crippen molar-refractivity contribution >= 4 is 17.3 Å². The third kappa shape index (κ3) is 3.12. The number of nitrogens with zero attached hydrogens (tertiary/aromatic N) is 2. The molecule has 1 aliphatic heterocycles. The molecule has 2 nitrogen and oxygen atoms in total. The van der Waals surface area contributed by atoms with Gasteiger partial charge >= 0.3 is 0 Å². The zero-order valence-corrected chi connectivity index (χ0v) is 11.3. The van der Waals surface area contributed by atoms with Crippen molar-refractivity contribution in [2.75, 3.05) is 18.0 Å². The molecule has 0 bridgehead atoms. The average Bonchev–Trinajstić information content (AvgIpc) is 2.63. The Morgan fingerprint density at radius 3 is 3.06 bits per heavy atom. The molecule has 0 N–H and O–H groups in total. The maximum atomic E-state index is 5.98. The lowest BCUT2D eigenvalue weighted by molar-refractivity contribution is 0.459. The molecule has 2 rings (SSSR count). The number of halogens is 1. The molecule has 1 aromatic rings. The van der Waals surface area contributed by atoms with Gasteiger partial charge in [-0.3, -0.25) is 4.98 Å². The number of alkyl halides is 1. The summed E-state index contributed by atoms with van der Waals surface area (Å²) in [4.78, 5) is 6.64. The lowest BCUT2D eigenvalue weighted by Gasteiger charge is -2.24. The molecule has 0 spiro atoms. The Morgan fingerprint density at radius 2 is 2.29 bits per heavy atom. The fourth-order valence-electron chi connectivity index (χ4n) is 2.65. The molecule has 0 radical (unpaired) electrons. The molecule has 1 atom stereocenters. The van der Waals surface area contributed by atoms with E-state index in [4.69, 9.17) is 11.6 Å². The van der Waals surface area contributed by atoms with Gasteiger partial charge in [0.15, 0.2) is 0 Å². The summed E-state index contributed by atoms with van der Waals surface area (Å²) in [5.41, 5.74) is 2.44. The SMILES string of the molecule is CCC1CCCN(c2ccncc2CCl)CC1. The smallest absolute Gasteiger partial charge is 0.0509 e. The van der Waals surface area contributed by atoms with E-state index < -0.39 is 0 Å². The largest absolute Gasteiger partial charge is 0.371 e. The van der Waals surface area contributed by atoms with Crippen LogP contribution in [0.5, 0.6) is 0 Å². The second kappa shape index (κ2) is 6.25. The summed E-state index contributed by atoms with van der Waals surface area (Å²) in [6, 6.07) is 2.10. The van der Waals surface area contributed by atoms with Gasteiger partial charge in [-0.1, -0.05) is 13.3 Å². The molecule has 0 aliphatic carbocycles. The lowest BCUT2D eigenvalue weighted by Crippen LogP contribution is -2.25. The van der Waals surface area contributed by atoms with Crippen molar-refractivity contribution in [3.63, 3.8) is 0 Å². The highest BCUT2D eigenvalue weighted by atomic mass is 35.5. The minimum absolute atomic E-state index is 0.552. The lowest BCUT2D eigenvalue weighted by atomic mass is 9.98. The van der Waals surface area contributed by atoms with Gasteiger partial charge in [0.2, 0.25) is 0 Å². The Balaban J connectivity index is 2.11. The molecule has 0 saturated carbocycles. The van der Waals surface area contributed by atoms with Gasteiger partial charge < -0.3 is 4.90 Å². The van der Waals surface area contributed by atoms with Crippen LogP contribution < -0.4 is 4.90 Å². The summed E-state index contributed by atoms with van der Waals surface area (Å²) >= 11 is 5.98. The maximum absolute atomic E-state index is 5.98. The summed E-state index contributed by atoms with van der Waals surface area (Å²) in [5, 5.41) is 0. The molecule has 3 heteroatoms. The zero-order chi connectivity index (χ0) is 12.1. The van der Waals surface area contributed by atoms with E-state index in [1.165, 1.54) is 31.4 Å². The maximum Gasteiger partial charge on any atom is 0.0509 e. The van der Waals surface area contributed by atoms with Crippen LogP contribution in [0.1, 0.15) is 38.2 Å². The van der Waals surface area contributed by atoms with Crippen molar-refractivity contribution in [1.82, 2.24) is 4.98 Å². The molecule has 0 aromatic carbocycles. The molecular formula is C14H21ClN2. The standard InChI is InChI=1S/C14H21ClN2/c1-2-12-4-3-8-17(9-6-12)14-5-7-16-11-13(14)10-15/h5,7,11-12H,2-4,6,8-10H2,1H3. The topological polar surface area (TPSA) is 16.1 Å². The Morgan fingerprint density at radius 1 is 1.41 bits per heavy atom. The minimum Gasteiger partial charge on any atom is -0.371 e. The Kier molecular flexibility index (Phi) is 4.66. The van der Waals surface area contributed by atoms with E-state index in [1.54, 1.807) is 0 Å². The van der Waals surface area contributed by atoms with Gasteiger partial charge in [0, 0.05) is 36.7 Å². The number of anilines is 1. The van der Waals surface area contributed by atoms with Crippen LogP contribution >= 0.6 is 11.6 Å². The minimum atomic E-state index is 0.552. The quantitative estimate of drug-likeness (QED) is 0.760. The van der Waals surface area contributed by atoms with E-state index in [2.05, 4.69) is 22.9 Å². The first kappa shape index (κ1) is 12.7. The van der Waals surface area contributed by atoms with Gasteiger partial charge in [-0.25, -0.2) is 0 Å². The monoisotopic (exact) mass is 252 g/mol. The molecule has 94 valence electrons. The third-order valence-corrected chi connectivity index (χ3v) is 4.08. The van der Waals surface area contributed by atoms with Gasteiger partial charge in [0.05, 0.1) is 5.88 Å². The van der Waals surface area contributed by atoms with E-state index in [9.17, 15) is 0 Å². The molecule has 17 heavy (non-hydrogen) atoms. The van der Waals surface area contributed by atoms with E-state index in [0.717, 1.165) is 24.6 Å². The molecular weight excluding hydrogens is 232 g/mol. The molecule has 1 fully saturated rings. The van der Waals surface area contributed by atoms with Crippen molar-refractivity contribution in [3.05, 3.63) is 24.0 Å². The highest BCUT2D eigenvalue weighted by molar-refractivity contribution is 6.17. The highest BCUT2D eigenvalue weighted by Crippen LogP contribution is 2.27. The van der Waals surface area contributed by atoms with Crippen LogP contribution in [0.4, 0.5) is 5.69 Å². The van der Waals surface area contributed by atoms with Crippen LogP contribution in [-0.4, -0.2) is 18.1 Å². The second-order valence-electron chi connectivity index (χ2n) is 4.83. The second-order valence-corrected chi connectivity index (χ2v) is 5.10. The summed E-state index contributed by atoms with van der Waals surface area (Å²) in [6.45, 7) is 4.62. The van der Waals surface area contributed by atoms with Gasteiger partial charge in [0.25, 0.3) is 0 Å². The summed E-state index contributed by atoms with van der Waals surface area (Å²) in [6.07, 6.45) is 9.04. The first-order valence-corrected chi connectivity index (χ1v) is 7.12. The number of pyridine rings is 1. The normalized spacial score (nSPS) is 21.3. The van der Waals surface area contributed by atoms with Crippen LogP contribution in [0.15, 0.2) is 18.5 Å².